The molecule has 0 heterocycles. The molecule has 0 aromatic rings. The molecule has 1 aliphatic rings. The highest BCUT2D eigenvalue weighted by Gasteiger charge is 2.30. The second kappa shape index (κ2) is 5.78. The molecule has 1 unspecified atom stereocenters. The molecule has 84 valence electrons. The van der Waals surface area contributed by atoms with E-state index < -0.39 is 0 Å². The maximum absolute atomic E-state index is 2.37. The Labute approximate surface area is 90.5 Å². The average Bonchev–Trinajstić information content (AvgIpc) is 2.83. The van der Waals surface area contributed by atoms with E-state index in [1.807, 2.05) is 0 Å². The molecular formula is C14H28. The van der Waals surface area contributed by atoms with E-state index in [-0.39, 0.29) is 0 Å². The Morgan fingerprint density at radius 1 is 0.929 bits per heavy atom. The van der Waals surface area contributed by atoms with Crippen LogP contribution in [0.15, 0.2) is 0 Å². The normalized spacial score (nSPS) is 19.3. The molecule has 0 saturated heterocycles. The highest BCUT2D eigenvalue weighted by molar-refractivity contribution is 4.81. The van der Waals surface area contributed by atoms with Crippen molar-refractivity contribution >= 4 is 0 Å². The van der Waals surface area contributed by atoms with Crippen LogP contribution < -0.4 is 0 Å². The van der Waals surface area contributed by atoms with Crippen molar-refractivity contribution in [2.75, 3.05) is 0 Å². The summed E-state index contributed by atoms with van der Waals surface area (Å²) < 4.78 is 0. The molecule has 0 aromatic carbocycles. The van der Waals surface area contributed by atoms with Crippen molar-refractivity contribution in [2.24, 2.45) is 23.7 Å². The Bertz CT molecular complexity index is 142. The van der Waals surface area contributed by atoms with Crippen molar-refractivity contribution in [1.82, 2.24) is 0 Å². The number of hydrogen-bond acceptors (Lipinski definition) is 0. The van der Waals surface area contributed by atoms with Crippen LogP contribution in [0.25, 0.3) is 0 Å². The van der Waals surface area contributed by atoms with Crippen molar-refractivity contribution < 1.29 is 0 Å². The highest BCUT2D eigenvalue weighted by Crippen LogP contribution is 2.42. The molecule has 1 atom stereocenters. The van der Waals surface area contributed by atoms with Crippen LogP contribution >= 0.6 is 0 Å². The van der Waals surface area contributed by atoms with Crippen LogP contribution in [0.4, 0.5) is 0 Å². The SMILES string of the molecule is CC(C)CCCC(CC(C)C)C1CC1. The first-order chi connectivity index (χ1) is 6.59. The van der Waals surface area contributed by atoms with E-state index in [0.29, 0.717) is 0 Å². The fraction of sp³-hybridized carbons (Fsp3) is 1.00. The molecule has 0 amide bonds. The molecule has 1 rings (SSSR count). The van der Waals surface area contributed by atoms with Gasteiger partial charge in [-0.1, -0.05) is 47.0 Å². The predicted octanol–water partition coefficient (Wildman–Crippen LogP) is 4.89. The van der Waals surface area contributed by atoms with Crippen LogP contribution in [0.5, 0.6) is 0 Å². The third-order valence-electron chi connectivity index (χ3n) is 3.42. The third kappa shape index (κ3) is 5.02. The maximum Gasteiger partial charge on any atom is -0.0383 e. The zero-order valence-corrected chi connectivity index (χ0v) is 10.6. The minimum Gasteiger partial charge on any atom is -0.0628 e. The van der Waals surface area contributed by atoms with Crippen molar-refractivity contribution in [3.8, 4) is 0 Å². The highest BCUT2D eigenvalue weighted by atomic mass is 14.4. The standard InChI is InChI=1S/C14H28/c1-11(2)6-5-7-14(10-12(3)4)13-8-9-13/h11-14H,5-10H2,1-4H3. The lowest BCUT2D eigenvalue weighted by atomic mass is 9.87. The summed E-state index contributed by atoms with van der Waals surface area (Å²) in [5.74, 6) is 3.98. The van der Waals surface area contributed by atoms with E-state index in [2.05, 4.69) is 27.7 Å². The second-order valence-electron chi connectivity index (χ2n) is 6.05. The summed E-state index contributed by atoms with van der Waals surface area (Å²) in [6.45, 7) is 9.43. The van der Waals surface area contributed by atoms with Gasteiger partial charge in [-0.25, -0.2) is 0 Å². The molecule has 0 bridgehead atoms. The molecule has 0 aromatic heterocycles. The summed E-state index contributed by atoms with van der Waals surface area (Å²) in [5.41, 5.74) is 0. The maximum atomic E-state index is 2.37. The van der Waals surface area contributed by atoms with Gasteiger partial charge in [-0.3, -0.25) is 0 Å². The first-order valence-electron chi connectivity index (χ1n) is 6.59. The summed E-state index contributed by atoms with van der Waals surface area (Å²) in [7, 11) is 0. The van der Waals surface area contributed by atoms with Gasteiger partial charge in [0, 0.05) is 0 Å². The molecule has 1 fully saturated rings. The Morgan fingerprint density at radius 3 is 2.00 bits per heavy atom. The Balaban J connectivity index is 2.15. The van der Waals surface area contributed by atoms with Gasteiger partial charge in [0.25, 0.3) is 0 Å². The van der Waals surface area contributed by atoms with E-state index in [1.165, 1.54) is 38.5 Å². The van der Waals surface area contributed by atoms with Crippen molar-refractivity contribution in [2.45, 2.75) is 66.2 Å². The monoisotopic (exact) mass is 196 g/mol. The largest absolute Gasteiger partial charge is 0.0628 e. The minimum absolute atomic E-state index is 0.897. The predicted molar refractivity (Wildman–Crippen MR) is 64.4 cm³/mol. The van der Waals surface area contributed by atoms with Crippen LogP contribution in [0.1, 0.15) is 66.2 Å². The zero-order chi connectivity index (χ0) is 10.6. The van der Waals surface area contributed by atoms with Crippen LogP contribution in [-0.2, 0) is 0 Å². The first-order valence-corrected chi connectivity index (χ1v) is 6.59. The van der Waals surface area contributed by atoms with E-state index in [0.717, 1.165) is 23.7 Å². The summed E-state index contributed by atoms with van der Waals surface area (Å²) in [6.07, 6.45) is 8.93. The number of rotatable bonds is 7. The summed E-state index contributed by atoms with van der Waals surface area (Å²) in [5, 5.41) is 0. The smallest absolute Gasteiger partial charge is 0.0383 e. The Kier molecular flexibility index (Phi) is 4.98. The topological polar surface area (TPSA) is 0 Å². The summed E-state index contributed by atoms with van der Waals surface area (Å²) in [6, 6.07) is 0. The van der Waals surface area contributed by atoms with Gasteiger partial charge < -0.3 is 0 Å². The molecule has 0 spiro atoms. The molecule has 14 heavy (non-hydrogen) atoms. The molecule has 0 N–H and O–H groups in total. The van der Waals surface area contributed by atoms with Gasteiger partial charge in [-0.05, 0) is 42.9 Å². The van der Waals surface area contributed by atoms with Crippen LogP contribution in [-0.4, -0.2) is 0 Å². The molecule has 0 nitrogen and oxygen atoms in total. The lowest BCUT2D eigenvalue weighted by Gasteiger charge is -2.18. The van der Waals surface area contributed by atoms with Gasteiger partial charge in [0.1, 0.15) is 0 Å². The lowest BCUT2D eigenvalue weighted by Crippen LogP contribution is -2.07. The fourth-order valence-electron chi connectivity index (χ4n) is 2.51. The van der Waals surface area contributed by atoms with Crippen LogP contribution in [0, 0.1) is 23.7 Å². The Hall–Kier alpha value is 0. The lowest BCUT2D eigenvalue weighted by molar-refractivity contribution is 0.328. The van der Waals surface area contributed by atoms with Gasteiger partial charge in [-0.2, -0.15) is 0 Å². The fourth-order valence-corrected chi connectivity index (χ4v) is 2.51. The molecule has 0 aliphatic heterocycles. The van der Waals surface area contributed by atoms with Gasteiger partial charge in [-0.15, -0.1) is 0 Å². The van der Waals surface area contributed by atoms with Gasteiger partial charge in [0.05, 0.1) is 0 Å². The third-order valence-corrected chi connectivity index (χ3v) is 3.42. The summed E-state index contributed by atoms with van der Waals surface area (Å²) >= 11 is 0. The molecular weight excluding hydrogens is 168 g/mol. The zero-order valence-electron chi connectivity index (χ0n) is 10.6. The van der Waals surface area contributed by atoms with E-state index in [4.69, 9.17) is 0 Å². The van der Waals surface area contributed by atoms with E-state index in [9.17, 15) is 0 Å². The summed E-state index contributed by atoms with van der Waals surface area (Å²) in [4.78, 5) is 0. The van der Waals surface area contributed by atoms with Crippen molar-refractivity contribution in [3.63, 3.8) is 0 Å². The number of hydrogen-bond donors (Lipinski definition) is 0. The van der Waals surface area contributed by atoms with Crippen molar-refractivity contribution in [1.29, 1.82) is 0 Å². The van der Waals surface area contributed by atoms with Crippen LogP contribution in [0.3, 0.4) is 0 Å². The van der Waals surface area contributed by atoms with Gasteiger partial charge in [0.15, 0.2) is 0 Å². The Morgan fingerprint density at radius 2 is 1.57 bits per heavy atom. The van der Waals surface area contributed by atoms with Crippen LogP contribution in [0.2, 0.25) is 0 Å². The molecule has 0 radical (unpaired) electrons. The molecule has 0 heteroatoms. The minimum atomic E-state index is 0.897. The second-order valence-corrected chi connectivity index (χ2v) is 6.05. The van der Waals surface area contributed by atoms with Crippen molar-refractivity contribution in [3.05, 3.63) is 0 Å². The van der Waals surface area contributed by atoms with E-state index >= 15 is 0 Å². The molecule has 1 aliphatic carbocycles. The quantitative estimate of drug-likeness (QED) is 0.544. The van der Waals surface area contributed by atoms with Gasteiger partial charge >= 0.3 is 0 Å². The van der Waals surface area contributed by atoms with Gasteiger partial charge in [0.2, 0.25) is 0 Å². The average molecular weight is 196 g/mol. The van der Waals surface area contributed by atoms with E-state index in [1.54, 1.807) is 0 Å². The first kappa shape index (κ1) is 12.1. The molecule has 1 saturated carbocycles.